The fourth-order valence-electron chi connectivity index (χ4n) is 4.12. The molecule has 1 aromatic heterocycles. The van der Waals surface area contributed by atoms with Gasteiger partial charge in [-0.25, -0.2) is 0 Å². The second-order valence-electron chi connectivity index (χ2n) is 8.30. The van der Waals surface area contributed by atoms with Crippen LogP contribution in [0, 0.1) is 0 Å². The molecule has 0 radical (unpaired) electrons. The van der Waals surface area contributed by atoms with Crippen molar-refractivity contribution in [1.29, 1.82) is 0 Å². The van der Waals surface area contributed by atoms with Crippen LogP contribution >= 0.6 is 11.3 Å². The molecule has 176 valence electrons. The number of benzene rings is 1. The third-order valence-corrected chi connectivity index (χ3v) is 6.87. The Morgan fingerprint density at radius 1 is 1.24 bits per heavy atom. The number of methoxy groups -OCH3 is 1. The molecule has 3 rings (SSSR count). The zero-order valence-corrected chi connectivity index (χ0v) is 21.0. The number of hydrogen-bond acceptors (Lipinski definition) is 5. The molecule has 2 aromatic rings. The fraction of sp³-hybridized carbons (Fsp3) is 0.407. The zero-order chi connectivity index (χ0) is 23.6. The maximum Gasteiger partial charge on any atom is 0.224 e. The first kappa shape index (κ1) is 24.8. The number of para-hydroxylation sites is 1. The lowest BCUT2D eigenvalue weighted by molar-refractivity contribution is -0.121. The van der Waals surface area contributed by atoms with Gasteiger partial charge in [0.05, 0.1) is 19.2 Å². The van der Waals surface area contributed by atoms with E-state index >= 15 is 0 Å². The van der Waals surface area contributed by atoms with Crippen LogP contribution < -0.4 is 10.1 Å². The summed E-state index contributed by atoms with van der Waals surface area (Å²) in [5.41, 5.74) is 5.56. The molecule has 6 heteroatoms. The number of nitrogens with one attached hydrogen (secondary N) is 1. The average Bonchev–Trinajstić information content (AvgIpc) is 3.35. The molecule has 1 aliphatic heterocycles. The number of ether oxygens (including phenoxy) is 1. The molecule has 0 aliphatic carbocycles. The Hall–Kier alpha value is -2.86. The number of nitrogens with zero attached hydrogens (tertiary/aromatic N) is 2. The minimum Gasteiger partial charge on any atom is -0.496 e. The normalized spacial score (nSPS) is 16.1. The minimum absolute atomic E-state index is 0.118. The van der Waals surface area contributed by atoms with Gasteiger partial charge in [-0.2, -0.15) is 11.3 Å². The van der Waals surface area contributed by atoms with Crippen molar-refractivity contribution >= 4 is 23.0 Å². The summed E-state index contributed by atoms with van der Waals surface area (Å²) in [5, 5.41) is 7.28. The third-order valence-electron chi connectivity index (χ3n) is 6.14. The van der Waals surface area contributed by atoms with E-state index in [1.807, 2.05) is 48.1 Å². The van der Waals surface area contributed by atoms with E-state index in [0.717, 1.165) is 54.9 Å². The second-order valence-corrected chi connectivity index (χ2v) is 9.08. The van der Waals surface area contributed by atoms with Gasteiger partial charge in [0.2, 0.25) is 5.91 Å². The molecule has 1 N–H and O–H groups in total. The first-order valence-electron chi connectivity index (χ1n) is 11.6. The molecule has 0 atom stereocenters. The van der Waals surface area contributed by atoms with Crippen molar-refractivity contribution in [2.24, 2.45) is 4.99 Å². The highest BCUT2D eigenvalue weighted by molar-refractivity contribution is 7.08. The Bertz CT molecular complexity index is 1000. The van der Waals surface area contributed by atoms with Crippen LogP contribution in [0.3, 0.4) is 0 Å². The third kappa shape index (κ3) is 6.81. The number of aliphatic imine (C=N–C) groups is 1. The highest BCUT2D eigenvalue weighted by Crippen LogP contribution is 2.23. The summed E-state index contributed by atoms with van der Waals surface area (Å²) in [5.74, 6) is 0.937. The molecule has 0 unspecified atom stereocenters. The molecule has 33 heavy (non-hydrogen) atoms. The first-order valence-corrected chi connectivity index (χ1v) is 12.5. The summed E-state index contributed by atoms with van der Waals surface area (Å²) in [4.78, 5) is 19.3. The summed E-state index contributed by atoms with van der Waals surface area (Å²) in [6.45, 7) is 6.23. The zero-order valence-electron chi connectivity index (χ0n) is 20.1. The molecular formula is C27H35N3O2S. The SMILES string of the molecule is CC/C(C)=C(/C=C\C(=NC)c1ccccc1OC)N1CCC(NC(=O)Cc2ccsc2)CC1. The van der Waals surface area contributed by atoms with Crippen molar-refractivity contribution in [1.82, 2.24) is 10.2 Å². The van der Waals surface area contributed by atoms with Gasteiger partial charge in [-0.3, -0.25) is 9.79 Å². The monoisotopic (exact) mass is 465 g/mol. The Morgan fingerprint density at radius 3 is 2.64 bits per heavy atom. The van der Waals surface area contributed by atoms with Gasteiger partial charge in [0.25, 0.3) is 0 Å². The van der Waals surface area contributed by atoms with Crippen LogP contribution in [0.2, 0.25) is 0 Å². The average molecular weight is 466 g/mol. The highest BCUT2D eigenvalue weighted by Gasteiger charge is 2.22. The predicted molar refractivity (Wildman–Crippen MR) is 138 cm³/mol. The number of amides is 1. The molecule has 1 amide bonds. The Balaban J connectivity index is 1.65. The Morgan fingerprint density at radius 2 is 2.00 bits per heavy atom. The summed E-state index contributed by atoms with van der Waals surface area (Å²) >= 11 is 1.63. The number of carbonyl (C=O) groups is 1. The summed E-state index contributed by atoms with van der Waals surface area (Å²) in [6.07, 6.45) is 7.62. The number of carbonyl (C=O) groups excluding carboxylic acids is 1. The molecule has 1 fully saturated rings. The van der Waals surface area contributed by atoms with Gasteiger partial charge in [0.1, 0.15) is 5.75 Å². The molecule has 1 aliphatic rings. The first-order chi connectivity index (χ1) is 16.0. The maximum atomic E-state index is 12.4. The topological polar surface area (TPSA) is 53.9 Å². The molecule has 5 nitrogen and oxygen atoms in total. The number of likely N-dealkylation sites (tertiary alicyclic amines) is 1. The van der Waals surface area contributed by atoms with E-state index in [0.29, 0.717) is 6.42 Å². The standard InChI is InChI=1S/C27H35N3O2S/c1-5-20(2)25(11-10-24(28-3)23-8-6-7-9-26(23)32-4)30-15-12-22(13-16-30)29-27(31)18-21-14-17-33-19-21/h6-11,14,17,19,22H,5,12-13,15-16,18H2,1-4H3,(H,29,31)/b11-10-,25-20-,28-24?. The molecule has 2 heterocycles. The lowest BCUT2D eigenvalue weighted by Gasteiger charge is -2.35. The van der Waals surface area contributed by atoms with E-state index in [1.54, 1.807) is 18.4 Å². The van der Waals surface area contributed by atoms with Crippen LogP contribution in [0.25, 0.3) is 0 Å². The Labute approximate surface area is 201 Å². The summed E-state index contributed by atoms with van der Waals surface area (Å²) < 4.78 is 5.53. The molecule has 1 saturated heterocycles. The van der Waals surface area contributed by atoms with E-state index in [4.69, 9.17) is 4.74 Å². The van der Waals surface area contributed by atoms with Gasteiger partial charge in [-0.1, -0.05) is 24.6 Å². The van der Waals surface area contributed by atoms with E-state index in [1.165, 1.54) is 11.3 Å². The van der Waals surface area contributed by atoms with Crippen molar-refractivity contribution in [3.05, 3.63) is 75.6 Å². The number of rotatable bonds is 9. The maximum absolute atomic E-state index is 12.4. The van der Waals surface area contributed by atoms with E-state index in [2.05, 4.69) is 41.2 Å². The van der Waals surface area contributed by atoms with Crippen LogP contribution in [-0.2, 0) is 11.2 Å². The van der Waals surface area contributed by atoms with Crippen molar-refractivity contribution < 1.29 is 9.53 Å². The quantitative estimate of drug-likeness (QED) is 0.407. The van der Waals surface area contributed by atoms with Crippen molar-refractivity contribution in [3.8, 4) is 5.75 Å². The molecular weight excluding hydrogens is 430 g/mol. The highest BCUT2D eigenvalue weighted by atomic mass is 32.1. The number of thiophene rings is 1. The van der Waals surface area contributed by atoms with Crippen LogP contribution in [0.15, 0.2) is 69.5 Å². The smallest absolute Gasteiger partial charge is 0.224 e. The molecule has 0 saturated carbocycles. The largest absolute Gasteiger partial charge is 0.496 e. The van der Waals surface area contributed by atoms with Crippen molar-refractivity contribution in [3.63, 3.8) is 0 Å². The summed E-state index contributed by atoms with van der Waals surface area (Å²) in [7, 11) is 3.50. The lowest BCUT2D eigenvalue weighted by atomic mass is 10.0. The minimum atomic E-state index is 0.118. The van der Waals surface area contributed by atoms with E-state index in [-0.39, 0.29) is 11.9 Å². The van der Waals surface area contributed by atoms with Crippen LogP contribution in [0.5, 0.6) is 5.75 Å². The molecule has 0 spiro atoms. The van der Waals surface area contributed by atoms with Gasteiger partial charge in [-0.15, -0.1) is 0 Å². The van der Waals surface area contributed by atoms with Crippen LogP contribution in [0.4, 0.5) is 0 Å². The van der Waals surface area contributed by atoms with Gasteiger partial charge in [0.15, 0.2) is 0 Å². The predicted octanol–water partition coefficient (Wildman–Crippen LogP) is 5.24. The fourth-order valence-corrected chi connectivity index (χ4v) is 4.79. The number of hydrogen-bond donors (Lipinski definition) is 1. The van der Waals surface area contributed by atoms with Gasteiger partial charge < -0.3 is 15.0 Å². The second kappa shape index (κ2) is 12.4. The Kier molecular flexibility index (Phi) is 9.31. The van der Waals surface area contributed by atoms with E-state index in [9.17, 15) is 4.79 Å². The van der Waals surface area contributed by atoms with Gasteiger partial charge >= 0.3 is 0 Å². The summed E-state index contributed by atoms with van der Waals surface area (Å²) in [6, 6.07) is 10.2. The van der Waals surface area contributed by atoms with Crippen LogP contribution in [-0.4, -0.2) is 49.8 Å². The number of allylic oxidation sites excluding steroid dienone is 3. The van der Waals surface area contributed by atoms with Gasteiger partial charge in [-0.05, 0) is 72.9 Å². The van der Waals surface area contributed by atoms with Gasteiger partial charge in [0, 0.05) is 37.4 Å². The molecule has 0 bridgehead atoms. The lowest BCUT2D eigenvalue weighted by Crippen LogP contribution is -2.44. The van der Waals surface area contributed by atoms with Crippen molar-refractivity contribution in [2.45, 2.75) is 45.6 Å². The number of piperidine rings is 1. The molecule has 1 aromatic carbocycles. The van der Waals surface area contributed by atoms with Crippen molar-refractivity contribution in [2.75, 3.05) is 27.2 Å². The van der Waals surface area contributed by atoms with Crippen LogP contribution in [0.1, 0.15) is 44.2 Å². The van der Waals surface area contributed by atoms with E-state index < -0.39 is 0 Å².